The third kappa shape index (κ3) is 4.14. The summed E-state index contributed by atoms with van der Waals surface area (Å²) in [5.41, 5.74) is 1.63. The van der Waals surface area contributed by atoms with Crippen molar-refractivity contribution in [2.75, 3.05) is 19.5 Å². The van der Waals surface area contributed by atoms with Crippen LogP contribution in [0.15, 0.2) is 46.9 Å². The molecule has 22 heavy (non-hydrogen) atoms. The molecule has 0 aliphatic carbocycles. The Balaban J connectivity index is 1.95. The number of anilines is 1. The smallest absolute Gasteiger partial charge is 0.319 e. The van der Waals surface area contributed by atoms with E-state index in [4.69, 9.17) is 9.47 Å². The van der Waals surface area contributed by atoms with Gasteiger partial charge in [-0.05, 0) is 45.8 Å². The van der Waals surface area contributed by atoms with Crippen molar-refractivity contribution >= 4 is 27.6 Å². The summed E-state index contributed by atoms with van der Waals surface area (Å²) in [6.07, 6.45) is 0. The van der Waals surface area contributed by atoms with E-state index in [9.17, 15) is 4.79 Å². The van der Waals surface area contributed by atoms with E-state index in [1.54, 1.807) is 14.2 Å². The van der Waals surface area contributed by atoms with Gasteiger partial charge >= 0.3 is 6.03 Å². The molecule has 0 aromatic heterocycles. The number of nitrogens with one attached hydrogen (secondary N) is 2. The Labute approximate surface area is 137 Å². The lowest BCUT2D eigenvalue weighted by Gasteiger charge is -2.11. The molecule has 0 aliphatic heterocycles. The van der Waals surface area contributed by atoms with Crippen molar-refractivity contribution in [1.82, 2.24) is 5.32 Å². The first kappa shape index (κ1) is 16.2. The molecule has 0 spiro atoms. The van der Waals surface area contributed by atoms with E-state index in [1.165, 1.54) is 0 Å². The highest BCUT2D eigenvalue weighted by Gasteiger charge is 2.07. The van der Waals surface area contributed by atoms with Gasteiger partial charge in [-0.3, -0.25) is 0 Å². The largest absolute Gasteiger partial charge is 0.493 e. The number of para-hydroxylation sites is 1. The summed E-state index contributed by atoms with van der Waals surface area (Å²) < 4.78 is 11.2. The molecule has 0 aliphatic rings. The minimum Gasteiger partial charge on any atom is -0.493 e. The molecular weight excluding hydrogens is 348 g/mol. The summed E-state index contributed by atoms with van der Waals surface area (Å²) in [7, 11) is 3.16. The number of methoxy groups -OCH3 is 2. The number of hydrogen-bond acceptors (Lipinski definition) is 3. The maximum absolute atomic E-state index is 11.9. The van der Waals surface area contributed by atoms with Crippen LogP contribution in [-0.2, 0) is 6.54 Å². The molecule has 0 saturated carbocycles. The Kier molecular flexibility index (Phi) is 5.66. The number of rotatable bonds is 5. The number of amides is 2. The van der Waals surface area contributed by atoms with Crippen LogP contribution in [0.1, 0.15) is 5.56 Å². The Bertz CT molecular complexity index is 662. The number of ether oxygens (including phenoxy) is 2. The number of halogens is 1. The van der Waals surface area contributed by atoms with Gasteiger partial charge < -0.3 is 20.1 Å². The van der Waals surface area contributed by atoms with Crippen LogP contribution in [0.4, 0.5) is 10.5 Å². The van der Waals surface area contributed by atoms with Crippen molar-refractivity contribution in [2.45, 2.75) is 6.54 Å². The van der Waals surface area contributed by atoms with Crippen molar-refractivity contribution in [1.29, 1.82) is 0 Å². The van der Waals surface area contributed by atoms with Crippen LogP contribution in [0.25, 0.3) is 0 Å². The van der Waals surface area contributed by atoms with Crippen LogP contribution >= 0.6 is 15.9 Å². The van der Waals surface area contributed by atoms with Crippen molar-refractivity contribution in [3.05, 3.63) is 52.5 Å². The quantitative estimate of drug-likeness (QED) is 0.848. The molecule has 2 N–H and O–H groups in total. The van der Waals surface area contributed by atoms with Gasteiger partial charge in [-0.2, -0.15) is 0 Å². The molecule has 2 aromatic rings. The fourth-order valence-electron chi connectivity index (χ4n) is 1.90. The molecule has 116 valence electrons. The predicted octanol–water partition coefficient (Wildman–Crippen LogP) is 3.79. The van der Waals surface area contributed by atoms with E-state index < -0.39 is 0 Å². The maximum atomic E-state index is 11.9. The van der Waals surface area contributed by atoms with Crippen LogP contribution in [-0.4, -0.2) is 20.3 Å². The lowest BCUT2D eigenvalue weighted by atomic mass is 10.2. The van der Waals surface area contributed by atoms with Gasteiger partial charge in [-0.25, -0.2) is 4.79 Å². The molecule has 0 unspecified atom stereocenters. The van der Waals surface area contributed by atoms with Gasteiger partial charge in [0.25, 0.3) is 0 Å². The van der Waals surface area contributed by atoms with E-state index in [1.807, 2.05) is 42.5 Å². The number of carbonyl (C=O) groups excluding carboxylic acids is 1. The van der Waals surface area contributed by atoms with Gasteiger partial charge in [0, 0.05) is 11.0 Å². The van der Waals surface area contributed by atoms with Crippen molar-refractivity contribution in [2.24, 2.45) is 0 Å². The molecule has 5 nitrogen and oxygen atoms in total. The van der Waals surface area contributed by atoms with Crippen LogP contribution in [0, 0.1) is 0 Å². The van der Waals surface area contributed by atoms with E-state index in [2.05, 4.69) is 26.6 Å². The van der Waals surface area contributed by atoms with Gasteiger partial charge in [-0.15, -0.1) is 0 Å². The molecular formula is C16H17BrN2O3. The lowest BCUT2D eigenvalue weighted by molar-refractivity contribution is 0.251. The fraction of sp³-hybridized carbons (Fsp3) is 0.188. The van der Waals surface area contributed by atoms with Crippen LogP contribution < -0.4 is 20.1 Å². The zero-order chi connectivity index (χ0) is 15.9. The highest BCUT2D eigenvalue weighted by atomic mass is 79.9. The topological polar surface area (TPSA) is 59.6 Å². The van der Waals surface area contributed by atoms with Gasteiger partial charge in [0.2, 0.25) is 0 Å². The third-order valence-electron chi connectivity index (χ3n) is 3.02. The summed E-state index contributed by atoms with van der Waals surface area (Å²) in [5, 5.41) is 5.57. The fourth-order valence-corrected chi connectivity index (χ4v) is 2.29. The highest BCUT2D eigenvalue weighted by Crippen LogP contribution is 2.27. The zero-order valence-corrected chi connectivity index (χ0v) is 13.9. The molecule has 6 heteroatoms. The number of benzene rings is 2. The summed E-state index contributed by atoms with van der Waals surface area (Å²) in [6.45, 7) is 0.386. The Morgan fingerprint density at radius 1 is 1.09 bits per heavy atom. The van der Waals surface area contributed by atoms with Gasteiger partial charge in [0.05, 0.1) is 19.9 Å². The van der Waals surface area contributed by atoms with E-state index >= 15 is 0 Å². The average molecular weight is 365 g/mol. The number of carbonyl (C=O) groups is 1. The Morgan fingerprint density at radius 3 is 2.50 bits per heavy atom. The Morgan fingerprint density at radius 2 is 1.82 bits per heavy atom. The first-order valence-corrected chi connectivity index (χ1v) is 7.43. The average Bonchev–Trinajstić information content (AvgIpc) is 2.54. The molecule has 0 atom stereocenters. The number of hydrogen-bond donors (Lipinski definition) is 2. The third-order valence-corrected chi connectivity index (χ3v) is 3.71. The lowest BCUT2D eigenvalue weighted by Crippen LogP contribution is -2.28. The zero-order valence-electron chi connectivity index (χ0n) is 12.4. The summed E-state index contributed by atoms with van der Waals surface area (Å²) in [6, 6.07) is 12.7. The van der Waals surface area contributed by atoms with Crippen molar-refractivity contribution in [3.8, 4) is 11.5 Å². The second kappa shape index (κ2) is 7.70. The normalized spacial score (nSPS) is 9.95. The molecule has 2 amide bonds. The summed E-state index contributed by atoms with van der Waals surface area (Å²) >= 11 is 3.38. The SMILES string of the molecule is COc1ccc(CNC(=O)Nc2ccccc2Br)cc1OC. The van der Waals surface area contributed by atoms with Crippen molar-refractivity contribution < 1.29 is 14.3 Å². The second-order valence-electron chi connectivity index (χ2n) is 4.48. The molecule has 0 radical (unpaired) electrons. The van der Waals surface area contributed by atoms with Crippen LogP contribution in [0.3, 0.4) is 0 Å². The van der Waals surface area contributed by atoms with Gasteiger partial charge in [0.15, 0.2) is 11.5 Å². The molecule has 0 saturated heterocycles. The molecule has 2 aromatic carbocycles. The predicted molar refractivity (Wildman–Crippen MR) is 89.5 cm³/mol. The summed E-state index contributed by atoms with van der Waals surface area (Å²) in [5.74, 6) is 1.29. The highest BCUT2D eigenvalue weighted by molar-refractivity contribution is 9.10. The first-order valence-electron chi connectivity index (χ1n) is 6.64. The van der Waals surface area contributed by atoms with Gasteiger partial charge in [-0.1, -0.05) is 18.2 Å². The van der Waals surface area contributed by atoms with E-state index in [-0.39, 0.29) is 6.03 Å². The van der Waals surface area contributed by atoms with Crippen LogP contribution in [0.5, 0.6) is 11.5 Å². The van der Waals surface area contributed by atoms with E-state index in [0.717, 1.165) is 10.0 Å². The summed E-state index contributed by atoms with van der Waals surface area (Å²) in [4.78, 5) is 11.9. The minimum atomic E-state index is -0.276. The van der Waals surface area contributed by atoms with Crippen LogP contribution in [0.2, 0.25) is 0 Å². The minimum absolute atomic E-state index is 0.276. The number of urea groups is 1. The molecule has 0 fully saturated rings. The van der Waals surface area contributed by atoms with Gasteiger partial charge in [0.1, 0.15) is 0 Å². The first-order chi connectivity index (χ1) is 10.6. The van der Waals surface area contributed by atoms with E-state index in [0.29, 0.717) is 23.7 Å². The standard InChI is InChI=1S/C16H17BrN2O3/c1-21-14-8-7-11(9-15(14)22-2)10-18-16(20)19-13-6-4-3-5-12(13)17/h3-9H,10H2,1-2H3,(H2,18,19,20). The maximum Gasteiger partial charge on any atom is 0.319 e. The second-order valence-corrected chi connectivity index (χ2v) is 5.33. The molecule has 0 bridgehead atoms. The molecule has 0 heterocycles. The van der Waals surface area contributed by atoms with Crippen molar-refractivity contribution in [3.63, 3.8) is 0 Å². The monoisotopic (exact) mass is 364 g/mol. The Hall–Kier alpha value is -2.21. The molecule has 2 rings (SSSR count).